The van der Waals surface area contributed by atoms with Crippen molar-refractivity contribution in [3.05, 3.63) is 47.5 Å². The van der Waals surface area contributed by atoms with Gasteiger partial charge in [0.25, 0.3) is 0 Å². The van der Waals surface area contributed by atoms with Gasteiger partial charge < -0.3 is 10.6 Å². The average molecular weight is 361 g/mol. The van der Waals surface area contributed by atoms with E-state index in [1.807, 2.05) is 6.07 Å². The Morgan fingerprint density at radius 3 is 2.58 bits per heavy atom. The summed E-state index contributed by atoms with van der Waals surface area (Å²) < 4.78 is 0.860. The van der Waals surface area contributed by atoms with Crippen molar-refractivity contribution in [3.63, 3.8) is 0 Å². The minimum Gasteiger partial charge on any atom is -0.326 e. The topological polar surface area (TPSA) is 83.1 Å². The Labute approximate surface area is 146 Å². The van der Waals surface area contributed by atoms with E-state index < -0.39 is 6.03 Å². The maximum absolute atomic E-state index is 12.0. The molecule has 0 radical (unpaired) electrons. The number of carbonyl (C=O) groups is 2. The number of thiazole rings is 1. The van der Waals surface area contributed by atoms with Gasteiger partial charge in [-0.25, -0.2) is 9.78 Å². The third kappa shape index (κ3) is 4.01. The van der Waals surface area contributed by atoms with Gasteiger partial charge in [-0.1, -0.05) is 29.0 Å². The molecule has 0 atom stereocenters. The molecule has 0 fully saturated rings. The number of fused-ring (bicyclic) bond motifs is 1. The quantitative estimate of drug-likeness (QED) is 0.640. The molecule has 0 saturated carbocycles. The molecule has 0 aliphatic carbocycles. The largest absolute Gasteiger partial charge is 0.326 e. The fraction of sp³-hybridized carbons (Fsp3) is 0.0625. The number of benzene rings is 2. The molecule has 6 nitrogen and oxygen atoms in total. The molecule has 24 heavy (non-hydrogen) atoms. The molecule has 3 rings (SSSR count). The summed E-state index contributed by atoms with van der Waals surface area (Å²) in [6.07, 6.45) is 0. The lowest BCUT2D eigenvalue weighted by Crippen LogP contribution is -2.19. The third-order valence-corrected chi connectivity index (χ3v) is 4.18. The highest BCUT2D eigenvalue weighted by Crippen LogP contribution is 2.28. The Morgan fingerprint density at radius 1 is 1.04 bits per heavy atom. The van der Waals surface area contributed by atoms with Crippen molar-refractivity contribution >= 4 is 61.6 Å². The van der Waals surface area contributed by atoms with Crippen LogP contribution in [-0.2, 0) is 4.79 Å². The van der Waals surface area contributed by atoms with Gasteiger partial charge in [0.1, 0.15) is 0 Å². The first-order valence-electron chi connectivity index (χ1n) is 7.01. The van der Waals surface area contributed by atoms with Gasteiger partial charge in [-0.3, -0.25) is 10.1 Å². The predicted octanol–water partition coefficient (Wildman–Crippen LogP) is 4.55. The highest BCUT2D eigenvalue weighted by atomic mass is 35.5. The number of amides is 3. The van der Waals surface area contributed by atoms with Crippen LogP contribution < -0.4 is 16.0 Å². The van der Waals surface area contributed by atoms with Gasteiger partial charge in [0.05, 0.1) is 10.2 Å². The molecule has 0 spiro atoms. The molecular formula is C16H13ClN4O2S. The molecule has 8 heteroatoms. The number of hydrogen-bond acceptors (Lipinski definition) is 4. The standard InChI is InChI=1S/C16H13ClN4O2S/c1-9(22)18-12-5-6-13-14(8-12)24-16(20-13)21-15(23)19-11-4-2-3-10(17)7-11/h2-8H,1H3,(H,18,22)(H2,19,20,21,23). The second-order valence-corrected chi connectivity index (χ2v) is 6.44. The lowest BCUT2D eigenvalue weighted by Gasteiger charge is -2.05. The molecule has 3 aromatic rings. The van der Waals surface area contributed by atoms with E-state index in [1.54, 1.807) is 36.4 Å². The number of aromatic nitrogens is 1. The lowest BCUT2D eigenvalue weighted by molar-refractivity contribution is -0.114. The first-order valence-corrected chi connectivity index (χ1v) is 8.21. The van der Waals surface area contributed by atoms with Crippen LogP contribution in [0.5, 0.6) is 0 Å². The van der Waals surface area contributed by atoms with Crippen LogP contribution in [0.1, 0.15) is 6.92 Å². The van der Waals surface area contributed by atoms with E-state index in [0.717, 1.165) is 10.2 Å². The number of urea groups is 1. The normalized spacial score (nSPS) is 10.4. The maximum Gasteiger partial charge on any atom is 0.325 e. The Balaban J connectivity index is 1.72. The van der Waals surface area contributed by atoms with Crippen molar-refractivity contribution in [2.24, 2.45) is 0 Å². The van der Waals surface area contributed by atoms with E-state index >= 15 is 0 Å². The van der Waals surface area contributed by atoms with Gasteiger partial charge in [0.2, 0.25) is 5.91 Å². The minimum absolute atomic E-state index is 0.141. The zero-order valence-corrected chi connectivity index (χ0v) is 14.2. The lowest BCUT2D eigenvalue weighted by atomic mass is 10.3. The SMILES string of the molecule is CC(=O)Nc1ccc2nc(NC(=O)Nc3cccc(Cl)c3)sc2c1. The molecule has 0 bridgehead atoms. The van der Waals surface area contributed by atoms with Crippen LogP contribution in [-0.4, -0.2) is 16.9 Å². The monoisotopic (exact) mass is 360 g/mol. The van der Waals surface area contributed by atoms with Crippen molar-refractivity contribution in [1.29, 1.82) is 0 Å². The second kappa shape index (κ2) is 6.86. The summed E-state index contributed by atoms with van der Waals surface area (Å²) in [6.45, 7) is 1.45. The van der Waals surface area contributed by atoms with Crippen molar-refractivity contribution in [2.45, 2.75) is 6.92 Å². The summed E-state index contributed by atoms with van der Waals surface area (Å²) in [6, 6.07) is 11.8. The van der Waals surface area contributed by atoms with Crippen LogP contribution >= 0.6 is 22.9 Å². The van der Waals surface area contributed by atoms with E-state index in [2.05, 4.69) is 20.9 Å². The van der Waals surface area contributed by atoms with Crippen molar-refractivity contribution < 1.29 is 9.59 Å². The Morgan fingerprint density at radius 2 is 1.83 bits per heavy atom. The molecule has 1 aromatic heterocycles. The number of hydrogen-bond donors (Lipinski definition) is 3. The van der Waals surface area contributed by atoms with Crippen molar-refractivity contribution in [3.8, 4) is 0 Å². The fourth-order valence-corrected chi connectivity index (χ4v) is 3.18. The third-order valence-electron chi connectivity index (χ3n) is 3.01. The summed E-state index contributed by atoms with van der Waals surface area (Å²) in [4.78, 5) is 27.5. The summed E-state index contributed by atoms with van der Waals surface area (Å²) in [7, 11) is 0. The predicted molar refractivity (Wildman–Crippen MR) is 98.0 cm³/mol. The molecule has 0 aliphatic heterocycles. The van der Waals surface area contributed by atoms with E-state index in [-0.39, 0.29) is 5.91 Å². The summed E-state index contributed by atoms with van der Waals surface area (Å²) >= 11 is 7.20. The van der Waals surface area contributed by atoms with E-state index in [4.69, 9.17) is 11.6 Å². The fourth-order valence-electron chi connectivity index (χ4n) is 2.08. The molecule has 122 valence electrons. The molecule has 3 N–H and O–H groups in total. The molecule has 2 aromatic carbocycles. The first kappa shape index (κ1) is 16.2. The van der Waals surface area contributed by atoms with Crippen LogP contribution in [0.2, 0.25) is 5.02 Å². The Hall–Kier alpha value is -2.64. The van der Waals surface area contributed by atoms with Crippen LogP contribution in [0.15, 0.2) is 42.5 Å². The molecule has 1 heterocycles. The van der Waals surface area contributed by atoms with Crippen LogP contribution in [0.25, 0.3) is 10.2 Å². The zero-order chi connectivity index (χ0) is 17.1. The molecule has 0 aliphatic rings. The smallest absolute Gasteiger partial charge is 0.325 e. The molecule has 0 saturated heterocycles. The summed E-state index contributed by atoms with van der Waals surface area (Å²) in [5, 5.41) is 9.09. The average Bonchev–Trinajstić information content (AvgIpc) is 2.87. The van der Waals surface area contributed by atoms with Gasteiger partial charge in [-0.05, 0) is 36.4 Å². The number of nitrogens with zero attached hydrogens (tertiary/aromatic N) is 1. The maximum atomic E-state index is 12.0. The first-order chi connectivity index (χ1) is 11.5. The zero-order valence-electron chi connectivity index (χ0n) is 12.6. The molecule has 0 unspecified atom stereocenters. The highest BCUT2D eigenvalue weighted by Gasteiger charge is 2.09. The molecule has 3 amide bonds. The summed E-state index contributed by atoms with van der Waals surface area (Å²) in [5.74, 6) is -0.141. The van der Waals surface area contributed by atoms with Gasteiger partial charge in [0, 0.05) is 23.3 Å². The van der Waals surface area contributed by atoms with E-state index in [9.17, 15) is 9.59 Å². The second-order valence-electron chi connectivity index (χ2n) is 4.97. The van der Waals surface area contributed by atoms with Crippen LogP contribution in [0.3, 0.4) is 0 Å². The van der Waals surface area contributed by atoms with Gasteiger partial charge in [-0.15, -0.1) is 0 Å². The van der Waals surface area contributed by atoms with Crippen LogP contribution in [0.4, 0.5) is 21.3 Å². The Kier molecular flexibility index (Phi) is 4.64. The van der Waals surface area contributed by atoms with Crippen molar-refractivity contribution in [2.75, 3.05) is 16.0 Å². The molecular weight excluding hydrogens is 348 g/mol. The van der Waals surface area contributed by atoms with Crippen LogP contribution in [0, 0.1) is 0 Å². The van der Waals surface area contributed by atoms with E-state index in [0.29, 0.717) is 21.5 Å². The van der Waals surface area contributed by atoms with Gasteiger partial charge in [-0.2, -0.15) is 0 Å². The number of nitrogens with one attached hydrogen (secondary N) is 3. The van der Waals surface area contributed by atoms with Gasteiger partial charge >= 0.3 is 6.03 Å². The highest BCUT2D eigenvalue weighted by molar-refractivity contribution is 7.22. The minimum atomic E-state index is -0.404. The summed E-state index contributed by atoms with van der Waals surface area (Å²) in [5.41, 5.74) is 2.02. The van der Waals surface area contributed by atoms with Gasteiger partial charge in [0.15, 0.2) is 5.13 Å². The number of carbonyl (C=O) groups excluding carboxylic acids is 2. The van der Waals surface area contributed by atoms with E-state index in [1.165, 1.54) is 18.3 Å². The van der Waals surface area contributed by atoms with Crippen molar-refractivity contribution in [1.82, 2.24) is 4.98 Å². The number of halogens is 1. The number of rotatable bonds is 3. The Bertz CT molecular complexity index is 925. The number of anilines is 3.